The van der Waals surface area contributed by atoms with E-state index in [4.69, 9.17) is 0 Å². The summed E-state index contributed by atoms with van der Waals surface area (Å²) >= 11 is 0. The third-order valence-corrected chi connectivity index (χ3v) is 3.76. The summed E-state index contributed by atoms with van der Waals surface area (Å²) in [7, 11) is 0. The number of rotatable bonds is 5. The van der Waals surface area contributed by atoms with E-state index in [0.29, 0.717) is 19.0 Å². The number of hydrogen-bond acceptors (Lipinski definition) is 3. The lowest BCUT2D eigenvalue weighted by Crippen LogP contribution is -2.40. The molecule has 1 fully saturated rings. The Labute approximate surface area is 113 Å². The molecule has 1 aromatic rings. The zero-order chi connectivity index (χ0) is 13.7. The maximum atomic E-state index is 12.2. The minimum atomic E-state index is -0.180. The average Bonchev–Trinajstić information content (AvgIpc) is 2.43. The zero-order valence-electron chi connectivity index (χ0n) is 11.6. The molecule has 5 heteroatoms. The van der Waals surface area contributed by atoms with Gasteiger partial charge in [0.05, 0.1) is 0 Å². The van der Waals surface area contributed by atoms with Crippen LogP contribution in [0.15, 0.2) is 21.9 Å². The van der Waals surface area contributed by atoms with Gasteiger partial charge < -0.3 is 9.88 Å². The number of hydrogen-bond donors (Lipinski definition) is 1. The predicted octanol–water partition coefficient (Wildman–Crippen LogP) is 0.810. The highest BCUT2D eigenvalue weighted by Gasteiger charge is 2.14. The van der Waals surface area contributed by atoms with Crippen LogP contribution in [0.1, 0.15) is 32.6 Å². The fourth-order valence-corrected chi connectivity index (χ4v) is 2.66. The summed E-state index contributed by atoms with van der Waals surface area (Å²) < 4.78 is 3.00. The summed E-state index contributed by atoms with van der Waals surface area (Å²) in [5.41, 5.74) is -0.348. The van der Waals surface area contributed by atoms with Crippen molar-refractivity contribution in [3.8, 4) is 0 Å². The monoisotopic (exact) mass is 265 g/mol. The average molecular weight is 265 g/mol. The summed E-state index contributed by atoms with van der Waals surface area (Å²) in [6.45, 7) is 5.32. The molecule has 0 radical (unpaired) electrons. The van der Waals surface area contributed by atoms with Gasteiger partial charge in [0.2, 0.25) is 0 Å². The van der Waals surface area contributed by atoms with E-state index in [1.165, 1.54) is 23.5 Å². The van der Waals surface area contributed by atoms with Crippen LogP contribution in [0.5, 0.6) is 0 Å². The van der Waals surface area contributed by atoms with Crippen molar-refractivity contribution in [2.24, 2.45) is 5.92 Å². The Balaban J connectivity index is 2.08. The van der Waals surface area contributed by atoms with Crippen molar-refractivity contribution in [2.45, 2.75) is 45.7 Å². The molecular formula is C14H23N3O2. The lowest BCUT2D eigenvalue weighted by molar-refractivity contribution is 0.335. The van der Waals surface area contributed by atoms with Gasteiger partial charge in [0, 0.05) is 25.4 Å². The van der Waals surface area contributed by atoms with Crippen LogP contribution < -0.4 is 16.6 Å². The van der Waals surface area contributed by atoms with Crippen molar-refractivity contribution < 1.29 is 0 Å². The van der Waals surface area contributed by atoms with Crippen LogP contribution in [0.2, 0.25) is 0 Å². The lowest BCUT2D eigenvalue weighted by Gasteiger charge is -2.22. The summed E-state index contributed by atoms with van der Waals surface area (Å²) in [6.07, 6.45) is 5.78. The van der Waals surface area contributed by atoms with Crippen LogP contribution in [-0.2, 0) is 13.1 Å². The normalized spacial score (nSPS) is 19.5. The number of nitrogens with zero attached hydrogens (tertiary/aromatic N) is 2. The number of nitrogens with one attached hydrogen (secondary N) is 1. The van der Waals surface area contributed by atoms with Crippen molar-refractivity contribution >= 4 is 0 Å². The van der Waals surface area contributed by atoms with E-state index in [9.17, 15) is 9.59 Å². The van der Waals surface area contributed by atoms with Crippen molar-refractivity contribution in [2.75, 3.05) is 13.1 Å². The summed E-state index contributed by atoms with van der Waals surface area (Å²) in [5.74, 6) is 0.583. The molecule has 2 rings (SSSR count). The maximum Gasteiger partial charge on any atom is 0.330 e. The highest BCUT2D eigenvalue weighted by Crippen LogP contribution is 2.13. The van der Waals surface area contributed by atoms with Gasteiger partial charge in [0.25, 0.3) is 5.56 Å². The van der Waals surface area contributed by atoms with Crippen LogP contribution in [0.4, 0.5) is 0 Å². The maximum absolute atomic E-state index is 12.2. The van der Waals surface area contributed by atoms with Gasteiger partial charge in [-0.05, 0) is 44.7 Å². The highest BCUT2D eigenvalue weighted by atomic mass is 16.2. The SMILES string of the molecule is CCCn1ccc(=O)n(CCC2CCCNC2)c1=O. The third-order valence-electron chi connectivity index (χ3n) is 3.76. The van der Waals surface area contributed by atoms with Gasteiger partial charge in [0.15, 0.2) is 0 Å². The second kappa shape index (κ2) is 6.70. The van der Waals surface area contributed by atoms with E-state index in [0.717, 1.165) is 25.9 Å². The van der Waals surface area contributed by atoms with Gasteiger partial charge >= 0.3 is 5.69 Å². The van der Waals surface area contributed by atoms with E-state index in [1.807, 2.05) is 6.92 Å². The Morgan fingerprint density at radius 3 is 2.89 bits per heavy atom. The van der Waals surface area contributed by atoms with Crippen LogP contribution in [0, 0.1) is 5.92 Å². The van der Waals surface area contributed by atoms with Crippen molar-refractivity contribution in [1.29, 1.82) is 0 Å². The summed E-state index contributed by atoms with van der Waals surface area (Å²) in [5, 5.41) is 3.36. The van der Waals surface area contributed by atoms with Gasteiger partial charge in [-0.25, -0.2) is 4.79 Å². The molecule has 0 spiro atoms. The largest absolute Gasteiger partial charge is 0.330 e. The highest BCUT2D eigenvalue weighted by molar-refractivity contribution is 4.86. The lowest BCUT2D eigenvalue weighted by atomic mass is 9.96. The molecule has 2 heterocycles. The van der Waals surface area contributed by atoms with E-state index in [2.05, 4.69) is 5.32 Å². The molecule has 1 aliphatic rings. The molecule has 19 heavy (non-hydrogen) atoms. The molecule has 0 aromatic carbocycles. The van der Waals surface area contributed by atoms with Crippen molar-refractivity contribution in [3.63, 3.8) is 0 Å². The first-order valence-corrected chi connectivity index (χ1v) is 7.23. The molecule has 1 saturated heterocycles. The Kier molecular flexibility index (Phi) is 4.96. The summed E-state index contributed by atoms with van der Waals surface area (Å²) in [6, 6.07) is 1.50. The standard InChI is InChI=1S/C14H23N3O2/c1-2-8-16-9-6-13(18)17(14(16)19)10-5-12-4-3-7-15-11-12/h6,9,12,15H,2-5,7-8,10-11H2,1H3. The van der Waals surface area contributed by atoms with E-state index < -0.39 is 0 Å². The third kappa shape index (κ3) is 3.56. The summed E-state index contributed by atoms with van der Waals surface area (Å²) in [4.78, 5) is 24.0. The van der Waals surface area contributed by atoms with Crippen LogP contribution in [0.25, 0.3) is 0 Å². The first-order chi connectivity index (χ1) is 9.22. The molecular weight excluding hydrogens is 242 g/mol. The first kappa shape index (κ1) is 14.1. The molecule has 1 atom stereocenters. The Hall–Kier alpha value is -1.36. The van der Waals surface area contributed by atoms with Crippen LogP contribution >= 0.6 is 0 Å². The van der Waals surface area contributed by atoms with E-state index in [-0.39, 0.29) is 11.2 Å². The smallest absolute Gasteiger partial charge is 0.316 e. The Morgan fingerprint density at radius 1 is 1.37 bits per heavy atom. The molecule has 5 nitrogen and oxygen atoms in total. The Morgan fingerprint density at radius 2 is 2.21 bits per heavy atom. The number of piperidine rings is 1. The molecule has 1 aromatic heterocycles. The molecule has 0 saturated carbocycles. The van der Waals surface area contributed by atoms with Crippen molar-refractivity contribution in [3.05, 3.63) is 33.1 Å². The van der Waals surface area contributed by atoms with E-state index in [1.54, 1.807) is 10.8 Å². The second-order valence-corrected chi connectivity index (χ2v) is 5.28. The fourth-order valence-electron chi connectivity index (χ4n) is 2.66. The Bertz CT molecular complexity index is 512. The van der Waals surface area contributed by atoms with Gasteiger partial charge in [-0.2, -0.15) is 0 Å². The molecule has 1 aliphatic heterocycles. The minimum Gasteiger partial charge on any atom is -0.316 e. The number of aryl methyl sites for hydroxylation is 1. The zero-order valence-corrected chi connectivity index (χ0v) is 11.6. The minimum absolute atomic E-state index is 0.168. The second-order valence-electron chi connectivity index (χ2n) is 5.28. The molecule has 0 aliphatic carbocycles. The fraction of sp³-hybridized carbons (Fsp3) is 0.714. The van der Waals surface area contributed by atoms with Gasteiger partial charge in [-0.15, -0.1) is 0 Å². The van der Waals surface area contributed by atoms with Gasteiger partial charge in [-0.3, -0.25) is 9.36 Å². The molecule has 0 amide bonds. The quantitative estimate of drug-likeness (QED) is 0.857. The number of aromatic nitrogens is 2. The van der Waals surface area contributed by atoms with E-state index >= 15 is 0 Å². The van der Waals surface area contributed by atoms with Crippen LogP contribution in [-0.4, -0.2) is 22.2 Å². The van der Waals surface area contributed by atoms with Gasteiger partial charge in [0.1, 0.15) is 0 Å². The molecule has 106 valence electrons. The van der Waals surface area contributed by atoms with Gasteiger partial charge in [-0.1, -0.05) is 6.92 Å². The van der Waals surface area contributed by atoms with Crippen LogP contribution in [0.3, 0.4) is 0 Å². The first-order valence-electron chi connectivity index (χ1n) is 7.23. The molecule has 1 unspecified atom stereocenters. The van der Waals surface area contributed by atoms with Crippen molar-refractivity contribution in [1.82, 2.24) is 14.5 Å². The topological polar surface area (TPSA) is 56.0 Å². The molecule has 1 N–H and O–H groups in total. The molecule has 0 bridgehead atoms. The predicted molar refractivity (Wildman–Crippen MR) is 75.5 cm³/mol.